The first kappa shape index (κ1) is 29.2. The molecule has 8 atom stereocenters. The molecular weight excluding hydrogens is 555 g/mol. The highest BCUT2D eigenvalue weighted by molar-refractivity contribution is 5.99. The summed E-state index contributed by atoms with van der Waals surface area (Å²) in [5.74, 6) is -0.442. The molecule has 2 N–H and O–H groups in total. The van der Waals surface area contributed by atoms with E-state index in [-0.39, 0.29) is 41.6 Å². The molecule has 0 spiro atoms. The first-order chi connectivity index (χ1) is 20.5. The van der Waals surface area contributed by atoms with Gasteiger partial charge in [-0.25, -0.2) is 13.2 Å². The van der Waals surface area contributed by atoms with Gasteiger partial charge in [-0.2, -0.15) is 0 Å². The number of nitrogens with one attached hydrogen (secondary N) is 1. The van der Waals surface area contributed by atoms with Crippen LogP contribution in [0.4, 0.5) is 13.2 Å². The Bertz CT molecular complexity index is 1200. The molecule has 6 fully saturated rings. The lowest BCUT2D eigenvalue weighted by Crippen LogP contribution is -2.63. The Balaban J connectivity index is 0.974. The lowest BCUT2D eigenvalue weighted by atomic mass is 9.64. The minimum Gasteiger partial charge on any atom is -0.381 e. The SMILES string of the molecule is CC1C(C2COCC2C2(N3CC(F)(F)C3)CC2)C=CC23CC12C=CC(C(CNC(O)OC1CC(C)(F)C1)C1CCCC1)=N3. The summed E-state index contributed by atoms with van der Waals surface area (Å²) in [6.07, 6.45) is 16.6. The number of dihydropyridines is 1. The molecule has 4 saturated carbocycles. The van der Waals surface area contributed by atoms with E-state index < -0.39 is 18.0 Å². The summed E-state index contributed by atoms with van der Waals surface area (Å²) in [6.45, 7) is 5.73. The molecule has 8 aliphatic rings. The van der Waals surface area contributed by atoms with Gasteiger partial charge in [0.1, 0.15) is 5.67 Å². The lowest BCUT2D eigenvalue weighted by molar-refractivity contribution is -0.200. The van der Waals surface area contributed by atoms with Gasteiger partial charge in [0.05, 0.1) is 37.9 Å². The Kier molecular flexibility index (Phi) is 6.69. The van der Waals surface area contributed by atoms with Crippen LogP contribution in [0.15, 0.2) is 29.3 Å². The maximum Gasteiger partial charge on any atom is 0.272 e. The number of allylic oxidation sites excluding steroid dienone is 2. The third-order valence-corrected chi connectivity index (χ3v) is 13.1. The third kappa shape index (κ3) is 4.73. The van der Waals surface area contributed by atoms with E-state index in [1.807, 2.05) is 0 Å². The average molecular weight is 604 g/mol. The highest BCUT2D eigenvalue weighted by Gasteiger charge is 2.72. The molecule has 43 heavy (non-hydrogen) atoms. The average Bonchev–Trinajstić information content (AvgIpc) is 3.70. The topological polar surface area (TPSA) is 66.3 Å². The first-order valence-electron chi connectivity index (χ1n) is 16.9. The van der Waals surface area contributed by atoms with Crippen molar-refractivity contribution in [3.8, 4) is 0 Å². The number of ether oxygens (including phenoxy) is 2. The van der Waals surface area contributed by atoms with E-state index in [4.69, 9.17) is 14.5 Å². The molecule has 0 aromatic heterocycles. The molecule has 3 aliphatic heterocycles. The van der Waals surface area contributed by atoms with Crippen LogP contribution in [-0.2, 0) is 9.47 Å². The molecule has 238 valence electrons. The van der Waals surface area contributed by atoms with Gasteiger partial charge in [-0.3, -0.25) is 15.2 Å². The van der Waals surface area contributed by atoms with Crippen molar-refractivity contribution >= 4 is 5.71 Å². The van der Waals surface area contributed by atoms with Crippen molar-refractivity contribution in [3.05, 3.63) is 24.3 Å². The van der Waals surface area contributed by atoms with Crippen molar-refractivity contribution in [1.29, 1.82) is 0 Å². The Labute approximate surface area is 253 Å². The molecule has 0 amide bonds. The normalized spacial score (nSPS) is 47.2. The summed E-state index contributed by atoms with van der Waals surface area (Å²) in [4.78, 5) is 7.55. The molecule has 0 radical (unpaired) electrons. The maximum atomic E-state index is 13.9. The Morgan fingerprint density at radius 3 is 2.56 bits per heavy atom. The predicted molar refractivity (Wildman–Crippen MR) is 158 cm³/mol. The number of likely N-dealkylation sites (tertiary alicyclic amines) is 1. The molecule has 0 aromatic rings. The second-order valence-corrected chi connectivity index (χ2v) is 15.9. The largest absolute Gasteiger partial charge is 0.381 e. The number of aliphatic hydroxyl groups is 1. The van der Waals surface area contributed by atoms with E-state index in [0.717, 1.165) is 25.0 Å². The van der Waals surface area contributed by atoms with E-state index >= 15 is 0 Å². The van der Waals surface area contributed by atoms with Crippen LogP contribution >= 0.6 is 0 Å². The highest BCUT2D eigenvalue weighted by Crippen LogP contribution is 2.72. The van der Waals surface area contributed by atoms with Crippen molar-refractivity contribution in [3.63, 3.8) is 0 Å². The monoisotopic (exact) mass is 603 g/mol. The van der Waals surface area contributed by atoms with Crippen LogP contribution in [0.1, 0.15) is 71.6 Å². The van der Waals surface area contributed by atoms with Crippen molar-refractivity contribution in [1.82, 2.24) is 10.2 Å². The fourth-order valence-electron chi connectivity index (χ4n) is 10.4. The summed E-state index contributed by atoms with van der Waals surface area (Å²) in [6, 6.07) is 0. The number of nitrogens with zero attached hydrogens (tertiary/aromatic N) is 2. The molecular formula is C34H48F3N3O3. The van der Waals surface area contributed by atoms with Gasteiger partial charge in [0, 0.05) is 47.9 Å². The van der Waals surface area contributed by atoms with E-state index in [1.54, 1.807) is 6.92 Å². The van der Waals surface area contributed by atoms with Gasteiger partial charge < -0.3 is 14.6 Å². The Hall–Kier alpha value is -1.26. The van der Waals surface area contributed by atoms with E-state index in [9.17, 15) is 18.3 Å². The molecule has 0 aromatic carbocycles. The van der Waals surface area contributed by atoms with Gasteiger partial charge in [-0.05, 0) is 68.8 Å². The van der Waals surface area contributed by atoms with Crippen molar-refractivity contribution in [2.75, 3.05) is 32.8 Å². The van der Waals surface area contributed by atoms with Gasteiger partial charge in [0.25, 0.3) is 5.92 Å². The Morgan fingerprint density at radius 2 is 1.88 bits per heavy atom. The van der Waals surface area contributed by atoms with Gasteiger partial charge in [-0.1, -0.05) is 38.0 Å². The molecule has 6 nitrogen and oxygen atoms in total. The number of hydrogen-bond donors (Lipinski definition) is 2. The van der Waals surface area contributed by atoms with Crippen LogP contribution in [0.25, 0.3) is 0 Å². The van der Waals surface area contributed by atoms with Crippen LogP contribution in [0, 0.1) is 40.9 Å². The van der Waals surface area contributed by atoms with Crippen molar-refractivity contribution in [2.24, 2.45) is 45.9 Å². The van der Waals surface area contributed by atoms with Gasteiger partial charge >= 0.3 is 0 Å². The number of hydrogen-bond acceptors (Lipinski definition) is 6. The predicted octanol–water partition coefficient (Wildman–Crippen LogP) is 5.27. The summed E-state index contributed by atoms with van der Waals surface area (Å²) in [5, 5.41) is 13.7. The molecule has 8 unspecified atom stereocenters. The molecule has 8 rings (SSSR count). The van der Waals surface area contributed by atoms with Crippen LogP contribution < -0.4 is 5.32 Å². The first-order valence-corrected chi connectivity index (χ1v) is 16.9. The van der Waals surface area contributed by atoms with Crippen LogP contribution in [0.2, 0.25) is 0 Å². The molecule has 3 heterocycles. The minimum absolute atomic E-state index is 0.00305. The smallest absolute Gasteiger partial charge is 0.272 e. The number of rotatable bonds is 10. The summed E-state index contributed by atoms with van der Waals surface area (Å²) in [5.41, 5.74) is -0.367. The number of halogens is 3. The zero-order valence-corrected chi connectivity index (χ0v) is 25.6. The van der Waals surface area contributed by atoms with Gasteiger partial charge in [-0.15, -0.1) is 0 Å². The van der Waals surface area contributed by atoms with E-state index in [0.29, 0.717) is 62.2 Å². The standard InChI is InChI=1S/C34H48F3N3O3/c1-21-24(26-16-42-17-27(26)32(11-12-32)40-19-34(36,37)20-40)7-10-33-18-31(21,33)9-8-28(39-33)25(22-5-3-4-6-22)15-38-29(41)43-23-13-30(2,35)14-23/h7-10,21-27,29,38,41H,3-6,11-20H2,1-2H3. The number of aliphatic imine (C=N–C) groups is 1. The zero-order valence-electron chi connectivity index (χ0n) is 25.6. The number of aliphatic hydroxyl groups excluding tert-OH is 1. The quantitative estimate of drug-likeness (QED) is 0.263. The van der Waals surface area contributed by atoms with E-state index in [1.165, 1.54) is 25.7 Å². The number of alkyl halides is 3. The summed E-state index contributed by atoms with van der Waals surface area (Å²) < 4.78 is 53.3. The van der Waals surface area contributed by atoms with Gasteiger partial charge in [0.2, 0.25) is 6.41 Å². The molecule has 5 aliphatic carbocycles. The van der Waals surface area contributed by atoms with Crippen LogP contribution in [0.3, 0.4) is 0 Å². The van der Waals surface area contributed by atoms with Crippen LogP contribution in [0.5, 0.6) is 0 Å². The van der Waals surface area contributed by atoms with Crippen molar-refractivity contribution < 1.29 is 27.8 Å². The highest BCUT2D eigenvalue weighted by atomic mass is 19.3. The van der Waals surface area contributed by atoms with Gasteiger partial charge in [0.15, 0.2) is 0 Å². The Morgan fingerprint density at radius 1 is 1.14 bits per heavy atom. The third-order valence-electron chi connectivity index (χ3n) is 13.1. The molecule has 0 bridgehead atoms. The van der Waals surface area contributed by atoms with E-state index in [2.05, 4.69) is 41.4 Å². The lowest BCUT2D eigenvalue weighted by Gasteiger charge is -2.49. The fourth-order valence-corrected chi connectivity index (χ4v) is 10.4. The fraction of sp³-hybridized carbons (Fsp3) is 0.853. The zero-order chi connectivity index (χ0) is 29.8. The summed E-state index contributed by atoms with van der Waals surface area (Å²) >= 11 is 0. The maximum absolute atomic E-state index is 13.9. The molecule has 2 saturated heterocycles. The minimum atomic E-state index is -2.54. The molecule has 9 heteroatoms. The van der Waals surface area contributed by atoms with Crippen molar-refractivity contribution in [2.45, 2.75) is 107 Å². The van der Waals surface area contributed by atoms with Crippen LogP contribution in [-0.4, -0.2) is 83.8 Å². The second kappa shape index (κ2) is 9.87. The second-order valence-electron chi connectivity index (χ2n) is 15.9. The summed E-state index contributed by atoms with van der Waals surface area (Å²) in [7, 11) is 0.